The highest BCUT2D eigenvalue weighted by Gasteiger charge is 2.49. The van der Waals surface area contributed by atoms with Gasteiger partial charge in [0.15, 0.2) is 0 Å². The van der Waals surface area contributed by atoms with Gasteiger partial charge in [-0.2, -0.15) is 0 Å². The minimum atomic E-state index is -0.163. The summed E-state index contributed by atoms with van der Waals surface area (Å²) in [6, 6.07) is 8.75. The molecule has 0 bridgehead atoms. The first-order valence-corrected chi connectivity index (χ1v) is 13.1. The highest BCUT2D eigenvalue weighted by molar-refractivity contribution is 5.83. The maximum absolute atomic E-state index is 14.0. The predicted octanol–water partition coefficient (Wildman–Crippen LogP) is 3.95. The van der Waals surface area contributed by atoms with Crippen molar-refractivity contribution in [1.82, 2.24) is 10.2 Å². The average molecular weight is 464 g/mol. The molecule has 6 nitrogen and oxygen atoms in total. The van der Waals surface area contributed by atoms with Crippen LogP contribution in [0.5, 0.6) is 0 Å². The molecule has 0 aromatic heterocycles. The van der Waals surface area contributed by atoms with Gasteiger partial charge in [-0.05, 0) is 43.7 Å². The molecule has 2 fully saturated rings. The highest BCUT2D eigenvalue weighted by atomic mass is 16.3. The number of anilines is 1. The van der Waals surface area contributed by atoms with E-state index >= 15 is 0 Å². The van der Waals surface area contributed by atoms with E-state index < -0.39 is 0 Å². The van der Waals surface area contributed by atoms with Crippen LogP contribution in [0.1, 0.15) is 63.0 Å². The van der Waals surface area contributed by atoms with Crippen LogP contribution in [0, 0.1) is 17.8 Å². The number of hydrogen-bond acceptors (Lipinski definition) is 4. The smallest absolute Gasteiger partial charge is 0.228 e. The fourth-order valence-corrected chi connectivity index (χ4v) is 6.63. The van der Waals surface area contributed by atoms with Crippen molar-refractivity contribution < 1.29 is 14.7 Å². The quantitative estimate of drug-likeness (QED) is 0.597. The predicted molar refractivity (Wildman–Crippen MR) is 133 cm³/mol. The van der Waals surface area contributed by atoms with E-state index in [-0.39, 0.29) is 36.4 Å². The first-order chi connectivity index (χ1) is 16.7. The lowest BCUT2D eigenvalue weighted by atomic mass is 9.75. The molecule has 5 rings (SSSR count). The van der Waals surface area contributed by atoms with E-state index in [1.165, 1.54) is 5.56 Å². The van der Waals surface area contributed by atoms with E-state index in [1.54, 1.807) is 0 Å². The van der Waals surface area contributed by atoms with E-state index in [9.17, 15) is 9.59 Å². The van der Waals surface area contributed by atoms with Gasteiger partial charge in [-0.3, -0.25) is 9.59 Å². The maximum atomic E-state index is 14.0. The number of rotatable bonds is 6. The Labute approximate surface area is 202 Å². The maximum Gasteiger partial charge on any atom is 0.228 e. The second-order valence-corrected chi connectivity index (χ2v) is 10.3. The van der Waals surface area contributed by atoms with E-state index in [1.807, 2.05) is 0 Å². The van der Waals surface area contributed by atoms with Gasteiger partial charge in [-0.25, -0.2) is 0 Å². The summed E-state index contributed by atoms with van der Waals surface area (Å²) >= 11 is 0. The van der Waals surface area contributed by atoms with Crippen molar-refractivity contribution in [2.75, 3.05) is 18.5 Å². The molecular weight excluding hydrogens is 426 g/mol. The van der Waals surface area contributed by atoms with Gasteiger partial charge in [-0.15, -0.1) is 0 Å². The fourth-order valence-electron chi connectivity index (χ4n) is 6.63. The number of para-hydroxylation sites is 1. The number of nitrogens with one attached hydrogen (secondary N) is 2. The van der Waals surface area contributed by atoms with Gasteiger partial charge in [-0.1, -0.05) is 55.3 Å². The largest absolute Gasteiger partial charge is 0.396 e. The van der Waals surface area contributed by atoms with Crippen LogP contribution in [-0.2, 0) is 9.59 Å². The Balaban J connectivity index is 1.38. The lowest BCUT2D eigenvalue weighted by molar-refractivity contribution is -0.139. The van der Waals surface area contributed by atoms with Crippen molar-refractivity contribution in [3.63, 3.8) is 0 Å². The molecule has 6 heteroatoms. The number of carbonyl (C=O) groups is 2. The molecule has 4 aliphatic rings. The van der Waals surface area contributed by atoms with Crippen molar-refractivity contribution in [2.45, 2.75) is 69.5 Å². The topological polar surface area (TPSA) is 81.7 Å². The molecule has 2 aliphatic carbocycles. The molecule has 2 aliphatic heterocycles. The van der Waals surface area contributed by atoms with E-state index in [2.05, 4.69) is 64.1 Å². The summed E-state index contributed by atoms with van der Waals surface area (Å²) in [5.41, 5.74) is 2.37. The summed E-state index contributed by atoms with van der Waals surface area (Å²) in [4.78, 5) is 28.6. The van der Waals surface area contributed by atoms with Crippen molar-refractivity contribution in [3.8, 4) is 0 Å². The van der Waals surface area contributed by atoms with Gasteiger partial charge in [0, 0.05) is 49.2 Å². The van der Waals surface area contributed by atoms with E-state index in [4.69, 9.17) is 5.11 Å². The summed E-state index contributed by atoms with van der Waals surface area (Å²) < 4.78 is 0. The van der Waals surface area contributed by atoms with Gasteiger partial charge < -0.3 is 20.6 Å². The molecule has 1 saturated heterocycles. The SMILES string of the molecule is O=C(CCCO)N[C@@H]1CCCC[C@@H]1C(=O)N1CC[C@@H]2[C@H](C3C=CC=CC3)Nc3ccccc3[C@@H]21. The number of likely N-dealkylation sites (tertiary alicyclic amines) is 1. The van der Waals surface area contributed by atoms with Crippen LogP contribution in [0.15, 0.2) is 48.6 Å². The molecule has 1 aromatic carbocycles. The zero-order chi connectivity index (χ0) is 23.5. The number of hydrogen-bond donors (Lipinski definition) is 3. The fraction of sp³-hybridized carbons (Fsp3) is 0.571. The van der Waals surface area contributed by atoms with Crippen molar-refractivity contribution >= 4 is 17.5 Å². The normalized spacial score (nSPS) is 32.0. The molecule has 6 atom stereocenters. The zero-order valence-electron chi connectivity index (χ0n) is 19.9. The second-order valence-electron chi connectivity index (χ2n) is 10.3. The summed E-state index contributed by atoms with van der Waals surface area (Å²) in [6.45, 7) is 0.784. The number of benzene rings is 1. The van der Waals surface area contributed by atoms with Gasteiger partial charge in [0.2, 0.25) is 11.8 Å². The number of carbonyl (C=O) groups excluding carboxylic acids is 2. The molecule has 2 heterocycles. The third-order valence-corrected chi connectivity index (χ3v) is 8.26. The standard InChI is InChI=1S/C28H37N3O3/c32-18-8-15-25(33)29-24-14-7-5-12-21(24)28(34)31-17-16-22-26(19-9-2-1-3-10-19)30-23-13-6-4-11-20(23)27(22)31/h1-4,6,9,11,13,19,21-22,24,26-27,30,32H,5,7-8,10,12,14-18H2,(H,29,33)/t19?,21-,22+,24+,26-,27-/m0/s1. The molecule has 0 radical (unpaired) electrons. The summed E-state index contributed by atoms with van der Waals surface area (Å²) in [5.74, 6) is 0.788. The van der Waals surface area contributed by atoms with Gasteiger partial charge >= 0.3 is 0 Å². The molecule has 1 unspecified atom stereocenters. The van der Waals surface area contributed by atoms with Crippen molar-refractivity contribution in [2.24, 2.45) is 17.8 Å². The number of aliphatic hydroxyl groups is 1. The van der Waals surface area contributed by atoms with E-state index in [0.29, 0.717) is 30.7 Å². The molecule has 2 amide bonds. The Hall–Kier alpha value is -2.60. The number of amides is 2. The van der Waals surface area contributed by atoms with Gasteiger partial charge in [0.25, 0.3) is 0 Å². The van der Waals surface area contributed by atoms with Crippen LogP contribution in [0.25, 0.3) is 0 Å². The first kappa shape index (κ1) is 23.2. The van der Waals surface area contributed by atoms with Gasteiger partial charge in [0.1, 0.15) is 0 Å². The van der Waals surface area contributed by atoms with Gasteiger partial charge in [0.05, 0.1) is 12.0 Å². The summed E-state index contributed by atoms with van der Waals surface area (Å²) in [6.07, 6.45) is 15.4. The van der Waals surface area contributed by atoms with Crippen LogP contribution in [0.2, 0.25) is 0 Å². The third-order valence-electron chi connectivity index (χ3n) is 8.26. The van der Waals surface area contributed by atoms with Crippen LogP contribution in [0.3, 0.4) is 0 Å². The van der Waals surface area contributed by atoms with Crippen LogP contribution >= 0.6 is 0 Å². The lowest BCUT2D eigenvalue weighted by Gasteiger charge is -2.44. The third kappa shape index (κ3) is 4.52. The molecular formula is C28H37N3O3. The Kier molecular flexibility index (Phi) is 7.05. The number of nitrogens with zero attached hydrogens (tertiary/aromatic N) is 1. The minimum Gasteiger partial charge on any atom is -0.396 e. The number of aliphatic hydroxyl groups excluding tert-OH is 1. The Bertz CT molecular complexity index is 958. The molecule has 1 saturated carbocycles. The summed E-state index contributed by atoms with van der Waals surface area (Å²) in [5, 5.41) is 16.0. The second kappa shape index (κ2) is 10.3. The van der Waals surface area contributed by atoms with Crippen molar-refractivity contribution in [1.29, 1.82) is 0 Å². The molecule has 1 aromatic rings. The number of fused-ring (bicyclic) bond motifs is 3. The van der Waals surface area contributed by atoms with Crippen molar-refractivity contribution in [3.05, 3.63) is 54.1 Å². The zero-order valence-corrected chi connectivity index (χ0v) is 19.9. The lowest BCUT2D eigenvalue weighted by Crippen LogP contribution is -2.51. The number of allylic oxidation sites excluding steroid dienone is 3. The van der Waals surface area contributed by atoms with Crippen LogP contribution < -0.4 is 10.6 Å². The van der Waals surface area contributed by atoms with Crippen LogP contribution in [0.4, 0.5) is 5.69 Å². The first-order valence-electron chi connectivity index (χ1n) is 13.1. The van der Waals surface area contributed by atoms with E-state index in [0.717, 1.165) is 50.8 Å². The molecule has 3 N–H and O–H groups in total. The monoisotopic (exact) mass is 463 g/mol. The Morgan fingerprint density at radius 3 is 2.79 bits per heavy atom. The molecule has 182 valence electrons. The highest BCUT2D eigenvalue weighted by Crippen LogP contribution is 2.49. The van der Waals surface area contributed by atoms with Crippen LogP contribution in [-0.4, -0.2) is 47.1 Å². The Morgan fingerprint density at radius 1 is 1.12 bits per heavy atom. The Morgan fingerprint density at radius 2 is 1.97 bits per heavy atom. The summed E-state index contributed by atoms with van der Waals surface area (Å²) in [7, 11) is 0. The average Bonchev–Trinajstić information content (AvgIpc) is 3.33. The molecule has 34 heavy (non-hydrogen) atoms. The molecule has 0 spiro atoms. The minimum absolute atomic E-state index is 0.0118.